The quantitative estimate of drug-likeness (QED) is 0.656. The van der Waals surface area contributed by atoms with Crippen LogP contribution in [-0.2, 0) is 0 Å². The van der Waals surface area contributed by atoms with Crippen molar-refractivity contribution in [2.75, 3.05) is 6.54 Å². The summed E-state index contributed by atoms with van der Waals surface area (Å²) >= 11 is 0. The summed E-state index contributed by atoms with van der Waals surface area (Å²) in [6.45, 7) is 5.00. The van der Waals surface area contributed by atoms with Crippen LogP contribution in [-0.4, -0.2) is 17.8 Å². The first-order chi connectivity index (χ1) is 5.65. The van der Waals surface area contributed by atoms with Crippen LogP contribution in [0.25, 0.3) is 0 Å². The van der Waals surface area contributed by atoms with Crippen molar-refractivity contribution in [2.45, 2.75) is 39.2 Å². The fourth-order valence-corrected chi connectivity index (χ4v) is 1.80. The molecule has 2 atom stereocenters. The minimum Gasteiger partial charge on any atom is -0.393 e. The van der Waals surface area contributed by atoms with Gasteiger partial charge in [-0.1, -0.05) is 13.8 Å². The minimum absolute atomic E-state index is 0.127. The first kappa shape index (κ1) is 10.0. The Balaban J connectivity index is 2.31. The molecule has 0 radical (unpaired) electrons. The molecule has 0 bridgehead atoms. The lowest BCUT2D eigenvalue weighted by molar-refractivity contribution is 0.0791. The molecule has 0 heterocycles. The van der Waals surface area contributed by atoms with E-state index in [1.807, 2.05) is 0 Å². The number of nitrogens with two attached hydrogens (primary N) is 1. The van der Waals surface area contributed by atoms with Crippen LogP contribution < -0.4 is 5.73 Å². The SMILES string of the molecule is CC(C)CC(CN)C(O)C1CC1. The molecule has 0 amide bonds. The summed E-state index contributed by atoms with van der Waals surface area (Å²) in [6.07, 6.45) is 3.34. The molecule has 1 aliphatic rings. The molecule has 3 N–H and O–H groups in total. The van der Waals surface area contributed by atoms with Gasteiger partial charge < -0.3 is 10.8 Å². The molecule has 1 aliphatic carbocycles. The number of aliphatic hydroxyl groups is 1. The van der Waals surface area contributed by atoms with E-state index in [9.17, 15) is 5.11 Å². The van der Waals surface area contributed by atoms with Gasteiger partial charge in [-0.25, -0.2) is 0 Å². The van der Waals surface area contributed by atoms with Crippen molar-refractivity contribution in [3.63, 3.8) is 0 Å². The van der Waals surface area contributed by atoms with E-state index >= 15 is 0 Å². The lowest BCUT2D eigenvalue weighted by Gasteiger charge is -2.22. The highest BCUT2D eigenvalue weighted by atomic mass is 16.3. The Kier molecular flexibility index (Phi) is 3.53. The van der Waals surface area contributed by atoms with E-state index in [1.165, 1.54) is 12.8 Å². The highest BCUT2D eigenvalue weighted by Crippen LogP contribution is 2.36. The molecule has 12 heavy (non-hydrogen) atoms. The van der Waals surface area contributed by atoms with Crippen LogP contribution >= 0.6 is 0 Å². The monoisotopic (exact) mass is 171 g/mol. The van der Waals surface area contributed by atoms with Gasteiger partial charge >= 0.3 is 0 Å². The maximum atomic E-state index is 9.82. The summed E-state index contributed by atoms with van der Waals surface area (Å²) in [6, 6.07) is 0. The molecule has 0 saturated heterocycles. The average Bonchev–Trinajstić information content (AvgIpc) is 2.80. The third-order valence-electron chi connectivity index (χ3n) is 2.66. The molecule has 1 saturated carbocycles. The number of rotatable bonds is 5. The summed E-state index contributed by atoms with van der Waals surface area (Å²) in [5.41, 5.74) is 5.63. The number of hydrogen-bond acceptors (Lipinski definition) is 2. The van der Waals surface area contributed by atoms with Gasteiger partial charge in [-0.15, -0.1) is 0 Å². The van der Waals surface area contributed by atoms with Crippen molar-refractivity contribution in [1.82, 2.24) is 0 Å². The molecule has 72 valence electrons. The van der Waals surface area contributed by atoms with E-state index in [-0.39, 0.29) is 6.10 Å². The zero-order chi connectivity index (χ0) is 9.14. The van der Waals surface area contributed by atoms with Gasteiger partial charge in [-0.3, -0.25) is 0 Å². The Morgan fingerprint density at radius 3 is 2.33 bits per heavy atom. The molecular weight excluding hydrogens is 150 g/mol. The zero-order valence-electron chi connectivity index (χ0n) is 8.16. The van der Waals surface area contributed by atoms with Crippen LogP contribution in [0.5, 0.6) is 0 Å². The Morgan fingerprint density at radius 1 is 1.42 bits per heavy atom. The summed E-state index contributed by atoms with van der Waals surface area (Å²) < 4.78 is 0. The second-order valence-electron chi connectivity index (χ2n) is 4.45. The van der Waals surface area contributed by atoms with E-state index in [0.717, 1.165) is 6.42 Å². The smallest absolute Gasteiger partial charge is 0.0608 e. The van der Waals surface area contributed by atoms with Crippen molar-refractivity contribution >= 4 is 0 Å². The Bertz CT molecular complexity index is 132. The maximum absolute atomic E-state index is 9.82. The van der Waals surface area contributed by atoms with Crippen molar-refractivity contribution in [3.05, 3.63) is 0 Å². The molecule has 0 aromatic carbocycles. The van der Waals surface area contributed by atoms with E-state index in [1.54, 1.807) is 0 Å². The number of hydrogen-bond donors (Lipinski definition) is 2. The van der Waals surface area contributed by atoms with Crippen molar-refractivity contribution in [3.8, 4) is 0 Å². The molecule has 2 unspecified atom stereocenters. The predicted octanol–water partition coefficient (Wildman–Crippen LogP) is 1.38. The Hall–Kier alpha value is -0.0800. The normalized spacial score (nSPS) is 22.8. The first-order valence-corrected chi connectivity index (χ1v) is 5.03. The van der Waals surface area contributed by atoms with Gasteiger partial charge in [-0.2, -0.15) is 0 Å². The molecule has 1 fully saturated rings. The molecule has 0 aromatic heterocycles. The largest absolute Gasteiger partial charge is 0.393 e. The first-order valence-electron chi connectivity index (χ1n) is 5.03. The highest BCUT2D eigenvalue weighted by Gasteiger charge is 2.34. The van der Waals surface area contributed by atoms with Gasteiger partial charge in [0.1, 0.15) is 0 Å². The average molecular weight is 171 g/mol. The fourth-order valence-electron chi connectivity index (χ4n) is 1.80. The van der Waals surface area contributed by atoms with Gasteiger partial charge in [0, 0.05) is 0 Å². The topological polar surface area (TPSA) is 46.2 Å². The fraction of sp³-hybridized carbons (Fsp3) is 1.00. The van der Waals surface area contributed by atoms with Crippen LogP contribution in [0, 0.1) is 17.8 Å². The van der Waals surface area contributed by atoms with Crippen molar-refractivity contribution in [2.24, 2.45) is 23.5 Å². The van der Waals surface area contributed by atoms with Crippen LogP contribution in [0.3, 0.4) is 0 Å². The van der Waals surface area contributed by atoms with Crippen LogP contribution in [0.2, 0.25) is 0 Å². The predicted molar refractivity (Wildman–Crippen MR) is 50.7 cm³/mol. The molecule has 0 aliphatic heterocycles. The van der Waals surface area contributed by atoms with Crippen molar-refractivity contribution in [1.29, 1.82) is 0 Å². The lowest BCUT2D eigenvalue weighted by Crippen LogP contribution is -2.30. The lowest BCUT2D eigenvalue weighted by atomic mass is 9.90. The Morgan fingerprint density at radius 2 is 2.00 bits per heavy atom. The van der Waals surface area contributed by atoms with E-state index in [4.69, 9.17) is 5.73 Å². The zero-order valence-corrected chi connectivity index (χ0v) is 8.16. The van der Waals surface area contributed by atoms with Gasteiger partial charge in [0.2, 0.25) is 0 Å². The second kappa shape index (κ2) is 4.24. The molecule has 2 heteroatoms. The van der Waals surface area contributed by atoms with Crippen molar-refractivity contribution < 1.29 is 5.11 Å². The summed E-state index contributed by atoms with van der Waals surface area (Å²) in [4.78, 5) is 0. The third kappa shape index (κ3) is 2.76. The molecule has 0 aromatic rings. The van der Waals surface area contributed by atoms with Crippen LogP contribution in [0.15, 0.2) is 0 Å². The third-order valence-corrected chi connectivity index (χ3v) is 2.66. The van der Waals surface area contributed by atoms with Gasteiger partial charge in [0.05, 0.1) is 6.10 Å². The van der Waals surface area contributed by atoms with Crippen LogP contribution in [0.4, 0.5) is 0 Å². The van der Waals surface area contributed by atoms with Crippen LogP contribution in [0.1, 0.15) is 33.1 Å². The minimum atomic E-state index is -0.127. The van der Waals surface area contributed by atoms with E-state index in [2.05, 4.69) is 13.8 Å². The van der Waals surface area contributed by atoms with Gasteiger partial charge in [0.15, 0.2) is 0 Å². The second-order valence-corrected chi connectivity index (χ2v) is 4.45. The number of aliphatic hydroxyl groups excluding tert-OH is 1. The molecular formula is C10H21NO. The molecule has 0 spiro atoms. The van der Waals surface area contributed by atoms with E-state index in [0.29, 0.717) is 24.3 Å². The Labute approximate surface area is 75.2 Å². The standard InChI is InChI=1S/C10H21NO/c1-7(2)5-9(6-11)10(12)8-3-4-8/h7-10,12H,3-6,11H2,1-2H3. The molecule has 1 rings (SSSR count). The summed E-state index contributed by atoms with van der Waals surface area (Å²) in [5.74, 6) is 1.54. The van der Waals surface area contributed by atoms with Gasteiger partial charge in [-0.05, 0) is 43.6 Å². The maximum Gasteiger partial charge on any atom is 0.0608 e. The summed E-state index contributed by atoms with van der Waals surface area (Å²) in [7, 11) is 0. The highest BCUT2D eigenvalue weighted by molar-refractivity contribution is 4.86. The molecule has 2 nitrogen and oxygen atoms in total. The van der Waals surface area contributed by atoms with E-state index < -0.39 is 0 Å². The summed E-state index contributed by atoms with van der Waals surface area (Å²) in [5, 5.41) is 9.82. The van der Waals surface area contributed by atoms with Gasteiger partial charge in [0.25, 0.3) is 0 Å².